The van der Waals surface area contributed by atoms with Gasteiger partial charge in [-0.15, -0.1) is 0 Å². The van der Waals surface area contributed by atoms with E-state index in [0.717, 1.165) is 0 Å². The van der Waals surface area contributed by atoms with E-state index in [1.807, 2.05) is 0 Å². The molecule has 1 aromatic rings. The van der Waals surface area contributed by atoms with Gasteiger partial charge in [0.05, 0.1) is 15.5 Å². The molecule has 1 unspecified atom stereocenters. The molecule has 84 valence electrons. The summed E-state index contributed by atoms with van der Waals surface area (Å²) in [6.07, 6.45) is 0.552. The first kappa shape index (κ1) is 12.4. The molecule has 0 saturated heterocycles. The van der Waals surface area contributed by atoms with E-state index in [9.17, 15) is 12.6 Å². The lowest BCUT2D eigenvalue weighted by Crippen LogP contribution is -2.05. The Balaban J connectivity index is 3.04. The lowest BCUT2D eigenvalue weighted by molar-refractivity contribution is 0.564. The van der Waals surface area contributed by atoms with Gasteiger partial charge in [0, 0.05) is 0 Å². The van der Waals surface area contributed by atoms with Crippen molar-refractivity contribution >= 4 is 20.9 Å². The molecule has 0 spiro atoms. The third-order valence-electron chi connectivity index (χ3n) is 1.86. The average molecular weight is 248 g/mol. The second kappa shape index (κ2) is 4.87. The maximum absolute atomic E-state index is 11.6. The van der Waals surface area contributed by atoms with E-state index in [0.29, 0.717) is 6.42 Å². The molecule has 0 radical (unpaired) electrons. The summed E-state index contributed by atoms with van der Waals surface area (Å²) in [5, 5.41) is 0. The zero-order valence-electron chi connectivity index (χ0n) is 8.21. The molecule has 0 aliphatic rings. The Morgan fingerprint density at radius 3 is 2.20 bits per heavy atom. The van der Waals surface area contributed by atoms with Gasteiger partial charge < -0.3 is 4.55 Å². The average Bonchev–Trinajstić information content (AvgIpc) is 2.18. The van der Waals surface area contributed by atoms with Gasteiger partial charge in [0.25, 0.3) is 0 Å². The minimum Gasteiger partial charge on any atom is -0.302 e. The van der Waals surface area contributed by atoms with Gasteiger partial charge in [-0.25, -0.2) is 12.6 Å². The van der Waals surface area contributed by atoms with Crippen LogP contribution in [0, 0.1) is 0 Å². The van der Waals surface area contributed by atoms with E-state index in [4.69, 9.17) is 4.55 Å². The molecule has 1 atom stereocenters. The Morgan fingerprint density at radius 2 is 1.80 bits per heavy atom. The van der Waals surface area contributed by atoms with Gasteiger partial charge in [0.15, 0.2) is 20.9 Å². The third-order valence-corrected chi connectivity index (χ3v) is 4.47. The van der Waals surface area contributed by atoms with Crippen molar-refractivity contribution in [1.82, 2.24) is 0 Å². The SMILES string of the molecule is CCCS(=O)(=O)c1ccc(S(=O)O)cc1. The van der Waals surface area contributed by atoms with Crippen LogP contribution in [0.15, 0.2) is 34.1 Å². The summed E-state index contributed by atoms with van der Waals surface area (Å²) in [6, 6.07) is 5.40. The van der Waals surface area contributed by atoms with Crippen molar-refractivity contribution in [3.63, 3.8) is 0 Å². The molecule has 15 heavy (non-hydrogen) atoms. The molecule has 1 rings (SSSR count). The molecule has 0 aliphatic heterocycles. The number of rotatable bonds is 4. The van der Waals surface area contributed by atoms with Crippen molar-refractivity contribution in [1.29, 1.82) is 0 Å². The monoisotopic (exact) mass is 248 g/mol. The molecular formula is C9H12O4S2. The van der Waals surface area contributed by atoms with Gasteiger partial charge in [0.2, 0.25) is 0 Å². The van der Waals surface area contributed by atoms with Crippen LogP contribution < -0.4 is 0 Å². The van der Waals surface area contributed by atoms with Gasteiger partial charge >= 0.3 is 0 Å². The van der Waals surface area contributed by atoms with Gasteiger partial charge in [-0.3, -0.25) is 0 Å². The lowest BCUT2D eigenvalue weighted by atomic mass is 10.4. The molecule has 0 fully saturated rings. The summed E-state index contributed by atoms with van der Waals surface area (Å²) < 4.78 is 42.5. The Labute approximate surface area is 91.5 Å². The summed E-state index contributed by atoms with van der Waals surface area (Å²) >= 11 is -2.06. The summed E-state index contributed by atoms with van der Waals surface area (Å²) in [4.78, 5) is 0.393. The largest absolute Gasteiger partial charge is 0.302 e. The van der Waals surface area contributed by atoms with Crippen molar-refractivity contribution < 1.29 is 17.2 Å². The maximum Gasteiger partial charge on any atom is 0.186 e. The van der Waals surface area contributed by atoms with Crippen molar-refractivity contribution in [2.75, 3.05) is 5.75 Å². The Bertz CT molecular complexity index is 448. The second-order valence-electron chi connectivity index (χ2n) is 3.04. The Morgan fingerprint density at radius 1 is 1.27 bits per heavy atom. The highest BCUT2D eigenvalue weighted by Crippen LogP contribution is 2.14. The van der Waals surface area contributed by atoms with Crippen LogP contribution in [0.5, 0.6) is 0 Å². The van der Waals surface area contributed by atoms with E-state index < -0.39 is 20.9 Å². The third kappa shape index (κ3) is 3.12. The zero-order chi connectivity index (χ0) is 11.5. The van der Waals surface area contributed by atoms with E-state index >= 15 is 0 Å². The van der Waals surface area contributed by atoms with Gasteiger partial charge in [-0.2, -0.15) is 0 Å². The normalized spacial score (nSPS) is 13.7. The van der Waals surface area contributed by atoms with Crippen LogP contribution in [0.1, 0.15) is 13.3 Å². The maximum atomic E-state index is 11.6. The smallest absolute Gasteiger partial charge is 0.186 e. The molecular weight excluding hydrogens is 236 g/mol. The summed E-state index contributed by atoms with van der Waals surface area (Å²) in [7, 11) is -3.23. The highest BCUT2D eigenvalue weighted by molar-refractivity contribution is 7.91. The fourth-order valence-corrected chi connectivity index (χ4v) is 2.84. The van der Waals surface area contributed by atoms with E-state index in [1.165, 1.54) is 24.3 Å². The van der Waals surface area contributed by atoms with Crippen LogP contribution in [-0.4, -0.2) is 22.9 Å². The van der Waals surface area contributed by atoms with Crippen LogP contribution in [0.4, 0.5) is 0 Å². The topological polar surface area (TPSA) is 71.4 Å². The van der Waals surface area contributed by atoms with Crippen LogP contribution in [0.25, 0.3) is 0 Å². The summed E-state index contributed by atoms with van der Waals surface area (Å²) in [5.41, 5.74) is 0. The highest BCUT2D eigenvalue weighted by Gasteiger charge is 2.13. The molecule has 0 amide bonds. The van der Waals surface area contributed by atoms with Crippen molar-refractivity contribution in [2.24, 2.45) is 0 Å². The van der Waals surface area contributed by atoms with Crippen LogP contribution >= 0.6 is 0 Å². The first-order chi connectivity index (χ1) is 6.97. The van der Waals surface area contributed by atoms with Crippen molar-refractivity contribution in [3.8, 4) is 0 Å². The predicted octanol–water partition coefficient (Wildman–Crippen LogP) is 1.45. The van der Waals surface area contributed by atoms with Gasteiger partial charge in [-0.1, -0.05) is 6.92 Å². The van der Waals surface area contributed by atoms with Crippen LogP contribution in [-0.2, 0) is 20.9 Å². The fraction of sp³-hybridized carbons (Fsp3) is 0.333. The molecule has 6 heteroatoms. The fourth-order valence-electron chi connectivity index (χ4n) is 1.15. The summed E-state index contributed by atoms with van der Waals surface area (Å²) in [6.45, 7) is 1.79. The molecule has 0 saturated carbocycles. The van der Waals surface area contributed by atoms with E-state index in [1.54, 1.807) is 6.92 Å². The quantitative estimate of drug-likeness (QED) is 0.819. The Kier molecular flexibility index (Phi) is 4.01. The summed E-state index contributed by atoms with van der Waals surface area (Å²) in [5.74, 6) is 0.0918. The molecule has 0 bridgehead atoms. The highest BCUT2D eigenvalue weighted by atomic mass is 32.2. The molecule has 1 aromatic carbocycles. The van der Waals surface area contributed by atoms with E-state index in [2.05, 4.69) is 0 Å². The zero-order valence-corrected chi connectivity index (χ0v) is 9.85. The molecule has 0 aliphatic carbocycles. The van der Waals surface area contributed by atoms with Gasteiger partial charge in [0.1, 0.15) is 0 Å². The minimum absolute atomic E-state index is 0.0918. The number of hydrogen-bond donors (Lipinski definition) is 1. The first-order valence-corrected chi connectivity index (χ1v) is 7.17. The Hall–Kier alpha value is -0.720. The van der Waals surface area contributed by atoms with Crippen LogP contribution in [0.3, 0.4) is 0 Å². The van der Waals surface area contributed by atoms with Crippen molar-refractivity contribution in [2.45, 2.75) is 23.1 Å². The molecule has 4 nitrogen and oxygen atoms in total. The van der Waals surface area contributed by atoms with Gasteiger partial charge in [-0.05, 0) is 30.7 Å². The molecule has 1 N–H and O–H groups in total. The number of hydrogen-bond acceptors (Lipinski definition) is 3. The molecule has 0 aromatic heterocycles. The second-order valence-corrected chi connectivity index (χ2v) is 6.12. The predicted molar refractivity (Wildman–Crippen MR) is 57.8 cm³/mol. The number of sulfone groups is 1. The van der Waals surface area contributed by atoms with Crippen molar-refractivity contribution in [3.05, 3.63) is 24.3 Å². The minimum atomic E-state index is -3.23. The number of benzene rings is 1. The first-order valence-electron chi connectivity index (χ1n) is 4.41. The van der Waals surface area contributed by atoms with E-state index in [-0.39, 0.29) is 15.5 Å². The van der Waals surface area contributed by atoms with Crippen LogP contribution in [0.2, 0.25) is 0 Å². The molecule has 0 heterocycles. The lowest BCUT2D eigenvalue weighted by Gasteiger charge is -2.02. The standard InChI is InChI=1S/C9H12O4S2/c1-2-7-15(12,13)9-5-3-8(4-6-9)14(10)11/h3-6H,2,7H2,1H3,(H,10,11).